The van der Waals surface area contributed by atoms with E-state index in [-0.39, 0.29) is 0 Å². The summed E-state index contributed by atoms with van der Waals surface area (Å²) >= 11 is 0. The van der Waals surface area contributed by atoms with E-state index < -0.39 is 0 Å². The van der Waals surface area contributed by atoms with Crippen molar-refractivity contribution in [2.75, 3.05) is 32.6 Å². The number of benzene rings is 1. The molecule has 1 saturated carbocycles. The molecule has 106 valence electrons. The minimum atomic E-state index is 0.645. The van der Waals surface area contributed by atoms with Crippen LogP contribution < -0.4 is 10.1 Å². The third-order valence-corrected chi connectivity index (χ3v) is 3.48. The van der Waals surface area contributed by atoms with Gasteiger partial charge in [0.2, 0.25) is 5.88 Å². The van der Waals surface area contributed by atoms with Gasteiger partial charge < -0.3 is 15.0 Å². The van der Waals surface area contributed by atoms with Crippen LogP contribution in [0.2, 0.25) is 0 Å². The number of nitrogens with one attached hydrogen (secondary N) is 1. The summed E-state index contributed by atoms with van der Waals surface area (Å²) in [5.41, 5.74) is 1.19. The number of anilines is 1. The molecule has 1 fully saturated rings. The van der Waals surface area contributed by atoms with Gasteiger partial charge in [-0.15, -0.1) is 0 Å². The summed E-state index contributed by atoms with van der Waals surface area (Å²) < 4.78 is 5.83. The van der Waals surface area contributed by atoms with Gasteiger partial charge in [-0.25, -0.2) is 4.98 Å². The first-order chi connectivity index (χ1) is 9.74. The van der Waals surface area contributed by atoms with Gasteiger partial charge in [0.1, 0.15) is 6.61 Å². The quantitative estimate of drug-likeness (QED) is 0.876. The summed E-state index contributed by atoms with van der Waals surface area (Å²) in [5.74, 6) is 0.726. The first-order valence-electron chi connectivity index (χ1n) is 7.16. The van der Waals surface area contributed by atoms with E-state index in [1.807, 2.05) is 20.3 Å². The Bertz CT molecular complexity index is 593. The van der Waals surface area contributed by atoms with Crippen LogP contribution in [0.1, 0.15) is 12.8 Å². The van der Waals surface area contributed by atoms with E-state index in [4.69, 9.17) is 4.74 Å². The second-order valence-electron chi connectivity index (χ2n) is 5.59. The van der Waals surface area contributed by atoms with Gasteiger partial charge in [0.05, 0.1) is 0 Å². The highest BCUT2D eigenvalue weighted by atomic mass is 16.5. The molecule has 0 aliphatic heterocycles. The number of rotatable bonds is 6. The Hall–Kier alpha value is -1.81. The van der Waals surface area contributed by atoms with Crippen molar-refractivity contribution in [3.63, 3.8) is 0 Å². The van der Waals surface area contributed by atoms with Crippen molar-refractivity contribution < 1.29 is 4.74 Å². The molecule has 0 radical (unpaired) electrons. The molecule has 0 atom stereocenters. The highest BCUT2D eigenvalue weighted by Crippen LogP contribution is 2.32. The number of hydrogen-bond donors (Lipinski definition) is 1. The molecule has 20 heavy (non-hydrogen) atoms. The molecule has 0 spiro atoms. The second-order valence-corrected chi connectivity index (χ2v) is 5.59. The van der Waals surface area contributed by atoms with E-state index in [0.717, 1.165) is 17.8 Å². The van der Waals surface area contributed by atoms with Gasteiger partial charge in [0.15, 0.2) is 0 Å². The Kier molecular flexibility index (Phi) is 3.74. The summed E-state index contributed by atoms with van der Waals surface area (Å²) in [6, 6.07) is 8.97. The molecule has 3 rings (SSSR count). The van der Waals surface area contributed by atoms with Crippen molar-refractivity contribution in [2.24, 2.45) is 0 Å². The predicted molar refractivity (Wildman–Crippen MR) is 82.4 cm³/mol. The summed E-state index contributed by atoms with van der Waals surface area (Å²) in [6.07, 6.45) is 4.37. The van der Waals surface area contributed by atoms with Gasteiger partial charge in [-0.3, -0.25) is 0 Å². The zero-order chi connectivity index (χ0) is 13.9. The van der Waals surface area contributed by atoms with E-state index in [1.165, 1.54) is 23.9 Å². The molecule has 0 saturated heterocycles. The molecule has 4 nitrogen and oxygen atoms in total. The molecule has 2 aromatic rings. The number of ether oxygens (including phenoxy) is 1. The predicted octanol–water partition coefficient (Wildman–Crippen LogP) is 2.75. The minimum absolute atomic E-state index is 0.645. The monoisotopic (exact) mass is 271 g/mol. The minimum Gasteiger partial charge on any atom is -0.476 e. The number of fused-ring (bicyclic) bond motifs is 1. The van der Waals surface area contributed by atoms with E-state index >= 15 is 0 Å². The maximum absolute atomic E-state index is 5.83. The number of aromatic nitrogens is 1. The maximum Gasteiger partial charge on any atom is 0.221 e. The van der Waals surface area contributed by atoms with Crippen molar-refractivity contribution in [1.29, 1.82) is 0 Å². The average Bonchev–Trinajstić information content (AvgIpc) is 3.23. The Morgan fingerprint density at radius 2 is 2.10 bits per heavy atom. The highest BCUT2D eigenvalue weighted by molar-refractivity contribution is 5.96. The van der Waals surface area contributed by atoms with Crippen LogP contribution in [-0.4, -0.2) is 43.2 Å². The number of hydrogen-bond acceptors (Lipinski definition) is 4. The molecule has 1 N–H and O–H groups in total. The Morgan fingerprint density at radius 1 is 1.25 bits per heavy atom. The molecule has 1 aromatic heterocycles. The van der Waals surface area contributed by atoms with Crippen molar-refractivity contribution in [2.45, 2.75) is 18.9 Å². The summed E-state index contributed by atoms with van der Waals surface area (Å²) in [4.78, 5) is 6.47. The van der Waals surface area contributed by atoms with Crippen molar-refractivity contribution in [3.8, 4) is 5.88 Å². The van der Waals surface area contributed by atoms with Crippen LogP contribution in [-0.2, 0) is 0 Å². The maximum atomic E-state index is 5.83. The SMILES string of the molecule is CN(C)CCOc1nccc2c(NC3CC3)cccc12. The summed E-state index contributed by atoms with van der Waals surface area (Å²) in [7, 11) is 4.08. The second kappa shape index (κ2) is 5.67. The van der Waals surface area contributed by atoms with Gasteiger partial charge in [0, 0.05) is 35.2 Å². The highest BCUT2D eigenvalue weighted by Gasteiger charge is 2.21. The number of likely N-dealkylation sites (N-methyl/N-ethyl adjacent to an activating group) is 1. The van der Waals surface area contributed by atoms with Crippen molar-refractivity contribution in [3.05, 3.63) is 30.5 Å². The third kappa shape index (κ3) is 3.02. The fourth-order valence-corrected chi connectivity index (χ4v) is 2.19. The van der Waals surface area contributed by atoms with Crippen LogP contribution in [0, 0.1) is 0 Å². The average molecular weight is 271 g/mol. The van der Waals surface area contributed by atoms with E-state index in [0.29, 0.717) is 12.6 Å². The van der Waals surface area contributed by atoms with Crippen molar-refractivity contribution >= 4 is 16.5 Å². The molecule has 0 amide bonds. The molecule has 1 aromatic carbocycles. The van der Waals surface area contributed by atoms with Gasteiger partial charge in [0.25, 0.3) is 0 Å². The van der Waals surface area contributed by atoms with Gasteiger partial charge in [-0.2, -0.15) is 0 Å². The smallest absolute Gasteiger partial charge is 0.221 e. The molecule has 1 aliphatic rings. The van der Waals surface area contributed by atoms with Crippen LogP contribution in [0.5, 0.6) is 5.88 Å². The van der Waals surface area contributed by atoms with E-state index in [9.17, 15) is 0 Å². The lowest BCUT2D eigenvalue weighted by Gasteiger charge is -2.13. The largest absolute Gasteiger partial charge is 0.476 e. The molecular formula is C16H21N3O. The fraction of sp³-hybridized carbons (Fsp3) is 0.438. The van der Waals surface area contributed by atoms with Gasteiger partial charge >= 0.3 is 0 Å². The van der Waals surface area contributed by atoms with Crippen LogP contribution in [0.4, 0.5) is 5.69 Å². The lowest BCUT2D eigenvalue weighted by Crippen LogP contribution is -2.19. The number of nitrogens with zero attached hydrogens (tertiary/aromatic N) is 2. The normalized spacial score (nSPS) is 14.8. The topological polar surface area (TPSA) is 37.4 Å². The van der Waals surface area contributed by atoms with Crippen molar-refractivity contribution in [1.82, 2.24) is 9.88 Å². The first-order valence-corrected chi connectivity index (χ1v) is 7.16. The zero-order valence-electron chi connectivity index (χ0n) is 12.1. The standard InChI is InChI=1S/C16H21N3O/c1-19(2)10-11-20-16-14-4-3-5-15(18-12-6-7-12)13(14)8-9-17-16/h3-5,8-9,12,18H,6-7,10-11H2,1-2H3. The third-order valence-electron chi connectivity index (χ3n) is 3.48. The van der Waals surface area contributed by atoms with Crippen LogP contribution >= 0.6 is 0 Å². The van der Waals surface area contributed by atoms with E-state index in [2.05, 4.69) is 39.5 Å². The summed E-state index contributed by atoms with van der Waals surface area (Å²) in [5, 5.41) is 5.84. The van der Waals surface area contributed by atoms with Gasteiger partial charge in [-0.05, 0) is 45.1 Å². The molecular weight excluding hydrogens is 250 g/mol. The Labute approximate surface area is 119 Å². The number of pyridine rings is 1. The Morgan fingerprint density at radius 3 is 2.85 bits per heavy atom. The first kappa shape index (κ1) is 13.2. The zero-order valence-corrected chi connectivity index (χ0v) is 12.1. The van der Waals surface area contributed by atoms with E-state index in [1.54, 1.807) is 0 Å². The van der Waals surface area contributed by atoms with Crippen LogP contribution in [0.15, 0.2) is 30.5 Å². The Balaban J connectivity index is 1.85. The summed E-state index contributed by atoms with van der Waals surface area (Å²) in [6.45, 7) is 1.54. The molecule has 4 heteroatoms. The molecule has 0 bridgehead atoms. The molecule has 0 unspecified atom stereocenters. The fourth-order valence-electron chi connectivity index (χ4n) is 2.19. The molecule has 1 heterocycles. The lowest BCUT2D eigenvalue weighted by atomic mass is 10.1. The molecule has 1 aliphatic carbocycles. The van der Waals surface area contributed by atoms with Gasteiger partial charge in [-0.1, -0.05) is 6.07 Å². The lowest BCUT2D eigenvalue weighted by molar-refractivity contribution is 0.256. The van der Waals surface area contributed by atoms with Crippen LogP contribution in [0.25, 0.3) is 10.8 Å². The van der Waals surface area contributed by atoms with Crippen LogP contribution in [0.3, 0.4) is 0 Å².